The van der Waals surface area contributed by atoms with Gasteiger partial charge < -0.3 is 9.88 Å². The first-order valence-electron chi connectivity index (χ1n) is 10.2. The summed E-state index contributed by atoms with van der Waals surface area (Å²) in [5.74, 6) is 1.11. The molecule has 1 aliphatic rings. The Labute approximate surface area is 180 Å². The van der Waals surface area contributed by atoms with Crippen LogP contribution in [0.3, 0.4) is 0 Å². The third kappa shape index (κ3) is 4.90. The fourth-order valence-electron chi connectivity index (χ4n) is 3.32. The molecule has 0 unspecified atom stereocenters. The lowest BCUT2D eigenvalue weighted by atomic mass is 10.1. The van der Waals surface area contributed by atoms with Crippen molar-refractivity contribution in [1.29, 1.82) is 0 Å². The van der Waals surface area contributed by atoms with Gasteiger partial charge in [-0.05, 0) is 49.9 Å². The first-order valence-corrected chi connectivity index (χ1v) is 11.1. The van der Waals surface area contributed by atoms with Crippen LogP contribution >= 0.6 is 11.8 Å². The average Bonchev–Trinajstić information content (AvgIpc) is 3.52. The number of nitrogens with one attached hydrogen (secondary N) is 1. The topological polar surface area (TPSA) is 59.8 Å². The number of nitrogens with zero attached hydrogens (tertiary/aromatic N) is 3. The lowest BCUT2D eigenvalue weighted by Crippen LogP contribution is -2.33. The van der Waals surface area contributed by atoms with Gasteiger partial charge in [0, 0.05) is 5.92 Å². The summed E-state index contributed by atoms with van der Waals surface area (Å²) in [6.45, 7) is 4.46. The molecule has 0 aliphatic heterocycles. The summed E-state index contributed by atoms with van der Waals surface area (Å²) >= 11 is 1.42. The number of aromatic nitrogens is 3. The molecule has 1 N–H and O–H groups in total. The number of hydrogen-bond donors (Lipinski definition) is 1. The molecule has 0 spiro atoms. The van der Waals surface area contributed by atoms with E-state index in [1.54, 1.807) is 12.1 Å². The number of benzene rings is 2. The molecule has 0 radical (unpaired) electrons. The van der Waals surface area contributed by atoms with Crippen LogP contribution in [0.25, 0.3) is 0 Å². The number of halogens is 1. The van der Waals surface area contributed by atoms with Gasteiger partial charge >= 0.3 is 0 Å². The lowest BCUT2D eigenvalue weighted by molar-refractivity contribution is -0.120. The number of thioether (sulfide) groups is 1. The predicted molar refractivity (Wildman–Crippen MR) is 116 cm³/mol. The number of rotatable bonds is 8. The molecule has 3 aromatic rings. The van der Waals surface area contributed by atoms with Crippen molar-refractivity contribution in [2.24, 2.45) is 0 Å². The maximum atomic E-state index is 13.1. The van der Waals surface area contributed by atoms with E-state index >= 15 is 0 Å². The van der Waals surface area contributed by atoms with Crippen molar-refractivity contribution in [3.05, 3.63) is 77.4 Å². The SMILES string of the molecule is C[C@H](Sc1nnc(C2CC2)n1Cc1ccccc1)C(=O)N[C@H](C)c1ccc(F)cc1. The third-order valence-corrected chi connectivity index (χ3v) is 6.33. The van der Waals surface area contributed by atoms with E-state index in [4.69, 9.17) is 0 Å². The Morgan fingerprint density at radius 1 is 1.13 bits per heavy atom. The van der Waals surface area contributed by atoms with Crippen molar-refractivity contribution in [1.82, 2.24) is 20.1 Å². The van der Waals surface area contributed by atoms with E-state index in [9.17, 15) is 9.18 Å². The second-order valence-electron chi connectivity index (χ2n) is 7.73. The molecule has 7 heteroatoms. The van der Waals surface area contributed by atoms with Gasteiger partial charge in [-0.25, -0.2) is 4.39 Å². The largest absolute Gasteiger partial charge is 0.349 e. The highest BCUT2D eigenvalue weighted by Crippen LogP contribution is 2.40. The quantitative estimate of drug-likeness (QED) is 0.533. The fraction of sp³-hybridized carbons (Fsp3) is 0.348. The third-order valence-electron chi connectivity index (χ3n) is 5.25. The summed E-state index contributed by atoms with van der Waals surface area (Å²) in [5, 5.41) is 12.3. The second-order valence-corrected chi connectivity index (χ2v) is 9.04. The van der Waals surface area contributed by atoms with Crippen LogP contribution in [0.5, 0.6) is 0 Å². The molecular weight excluding hydrogens is 399 g/mol. The smallest absolute Gasteiger partial charge is 0.233 e. The first-order chi connectivity index (χ1) is 14.5. The lowest BCUT2D eigenvalue weighted by Gasteiger charge is -2.18. The van der Waals surface area contributed by atoms with Crippen LogP contribution in [-0.2, 0) is 11.3 Å². The van der Waals surface area contributed by atoms with E-state index in [1.165, 1.54) is 29.5 Å². The molecule has 30 heavy (non-hydrogen) atoms. The first kappa shape index (κ1) is 20.6. The van der Waals surface area contributed by atoms with Gasteiger partial charge in [-0.2, -0.15) is 0 Å². The van der Waals surface area contributed by atoms with E-state index in [1.807, 2.05) is 32.0 Å². The highest BCUT2D eigenvalue weighted by molar-refractivity contribution is 8.00. The van der Waals surface area contributed by atoms with Crippen molar-refractivity contribution in [3.63, 3.8) is 0 Å². The van der Waals surface area contributed by atoms with Crippen LogP contribution < -0.4 is 5.32 Å². The van der Waals surface area contributed by atoms with Crippen LogP contribution in [0.2, 0.25) is 0 Å². The average molecular weight is 425 g/mol. The standard InChI is InChI=1S/C23H25FN4OS/c1-15(18-10-12-20(24)13-11-18)25-22(29)16(2)30-23-27-26-21(19-8-9-19)28(23)14-17-6-4-3-5-7-17/h3-7,10-13,15-16,19H,8-9,14H2,1-2H3,(H,25,29)/t15-,16+/m1/s1. The minimum absolute atomic E-state index is 0.0842. The normalized spacial score (nSPS) is 15.6. The number of carbonyl (C=O) groups is 1. The zero-order valence-electron chi connectivity index (χ0n) is 17.1. The van der Waals surface area contributed by atoms with Crippen molar-refractivity contribution < 1.29 is 9.18 Å². The van der Waals surface area contributed by atoms with Gasteiger partial charge in [0.05, 0.1) is 17.8 Å². The van der Waals surface area contributed by atoms with E-state index in [0.717, 1.165) is 29.4 Å². The summed E-state index contributed by atoms with van der Waals surface area (Å²) in [5.41, 5.74) is 2.05. The molecular formula is C23H25FN4OS. The summed E-state index contributed by atoms with van der Waals surface area (Å²) < 4.78 is 15.3. The summed E-state index contributed by atoms with van der Waals surface area (Å²) in [4.78, 5) is 12.8. The van der Waals surface area contributed by atoms with Crippen LogP contribution in [-0.4, -0.2) is 25.9 Å². The van der Waals surface area contributed by atoms with E-state index in [0.29, 0.717) is 12.5 Å². The molecule has 0 bridgehead atoms. The molecule has 1 aromatic heterocycles. The Morgan fingerprint density at radius 2 is 1.83 bits per heavy atom. The molecule has 1 saturated carbocycles. The predicted octanol–water partition coefficient (Wildman–Crippen LogP) is 4.70. The zero-order chi connectivity index (χ0) is 21.1. The van der Waals surface area contributed by atoms with Crippen molar-refractivity contribution >= 4 is 17.7 Å². The zero-order valence-corrected chi connectivity index (χ0v) is 17.9. The second kappa shape index (κ2) is 9.00. The van der Waals surface area contributed by atoms with Gasteiger partial charge in [0.25, 0.3) is 0 Å². The van der Waals surface area contributed by atoms with Crippen LogP contribution in [0.15, 0.2) is 59.8 Å². The molecule has 156 valence electrons. The Bertz CT molecular complexity index is 1000. The molecule has 2 aromatic carbocycles. The van der Waals surface area contributed by atoms with Crippen molar-refractivity contribution in [2.45, 2.75) is 55.6 Å². The summed E-state index contributed by atoms with van der Waals surface area (Å²) in [7, 11) is 0. The van der Waals surface area contributed by atoms with Gasteiger partial charge in [0.2, 0.25) is 5.91 Å². The fourth-order valence-corrected chi connectivity index (χ4v) is 4.19. The Morgan fingerprint density at radius 3 is 2.50 bits per heavy atom. The molecule has 1 fully saturated rings. The van der Waals surface area contributed by atoms with Crippen LogP contribution in [0.1, 0.15) is 55.6 Å². The van der Waals surface area contributed by atoms with E-state index in [2.05, 4.69) is 32.2 Å². The monoisotopic (exact) mass is 424 g/mol. The molecule has 1 heterocycles. The van der Waals surface area contributed by atoms with Crippen molar-refractivity contribution in [2.75, 3.05) is 0 Å². The summed E-state index contributed by atoms with van der Waals surface area (Å²) in [6, 6.07) is 16.2. The molecule has 4 rings (SSSR count). The van der Waals surface area contributed by atoms with Crippen LogP contribution in [0, 0.1) is 5.82 Å². The number of hydrogen-bond acceptors (Lipinski definition) is 4. The highest BCUT2D eigenvalue weighted by atomic mass is 32.2. The maximum Gasteiger partial charge on any atom is 0.233 e. The summed E-state index contributed by atoms with van der Waals surface area (Å²) in [6.07, 6.45) is 2.28. The Hall–Kier alpha value is -2.67. The van der Waals surface area contributed by atoms with Crippen LogP contribution in [0.4, 0.5) is 4.39 Å². The number of amides is 1. The molecule has 2 atom stereocenters. The Balaban J connectivity index is 1.45. The highest BCUT2D eigenvalue weighted by Gasteiger charge is 2.31. The van der Waals surface area contributed by atoms with Gasteiger partial charge in [0.15, 0.2) is 5.16 Å². The molecule has 1 amide bonds. The maximum absolute atomic E-state index is 13.1. The number of carbonyl (C=O) groups excluding carboxylic acids is 1. The molecule has 1 aliphatic carbocycles. The molecule has 0 saturated heterocycles. The van der Waals surface area contributed by atoms with E-state index in [-0.39, 0.29) is 23.0 Å². The minimum atomic E-state index is -0.335. The van der Waals surface area contributed by atoms with Gasteiger partial charge in [-0.15, -0.1) is 10.2 Å². The van der Waals surface area contributed by atoms with Gasteiger partial charge in [-0.1, -0.05) is 54.2 Å². The molecule has 5 nitrogen and oxygen atoms in total. The van der Waals surface area contributed by atoms with Crippen molar-refractivity contribution in [3.8, 4) is 0 Å². The van der Waals surface area contributed by atoms with Gasteiger partial charge in [-0.3, -0.25) is 4.79 Å². The van der Waals surface area contributed by atoms with Gasteiger partial charge in [0.1, 0.15) is 11.6 Å². The van der Waals surface area contributed by atoms with E-state index < -0.39 is 0 Å². The Kier molecular flexibility index (Phi) is 6.18. The minimum Gasteiger partial charge on any atom is -0.349 e.